The minimum atomic E-state index is -0.0842. The van der Waals surface area contributed by atoms with E-state index in [1.54, 1.807) is 11.3 Å². The summed E-state index contributed by atoms with van der Waals surface area (Å²) in [6, 6.07) is 14.6. The molecule has 0 bridgehead atoms. The Bertz CT molecular complexity index is 1130. The molecule has 6 nitrogen and oxygen atoms in total. The molecule has 3 aromatic heterocycles. The number of nitrogens with one attached hydrogen (secondary N) is 1. The number of amides is 1. The molecule has 1 fully saturated rings. The molecule has 0 radical (unpaired) electrons. The van der Waals surface area contributed by atoms with E-state index in [-0.39, 0.29) is 11.7 Å². The van der Waals surface area contributed by atoms with Crippen molar-refractivity contribution in [3.05, 3.63) is 63.9 Å². The number of anilines is 1. The molecule has 0 aliphatic heterocycles. The van der Waals surface area contributed by atoms with Gasteiger partial charge in [0.25, 0.3) is 0 Å². The highest BCUT2D eigenvalue weighted by atomic mass is 32.2. The van der Waals surface area contributed by atoms with E-state index in [1.165, 1.54) is 28.0 Å². The predicted octanol–water partition coefficient (Wildman–Crippen LogP) is 5.12. The molecule has 0 unspecified atom stereocenters. The van der Waals surface area contributed by atoms with E-state index >= 15 is 0 Å². The SMILES string of the molecule is O=C(CSc1nnc(Cc2cccs2)n1C1CC1)Nc1nc(-c2ccccc2)cs1. The summed E-state index contributed by atoms with van der Waals surface area (Å²) in [6.07, 6.45) is 3.09. The molecular formula is C21H19N5OS3. The monoisotopic (exact) mass is 453 g/mol. The van der Waals surface area contributed by atoms with E-state index in [0.717, 1.165) is 41.5 Å². The smallest absolute Gasteiger partial charge is 0.236 e. The zero-order valence-electron chi connectivity index (χ0n) is 16.0. The minimum Gasteiger partial charge on any atom is -0.303 e. The third kappa shape index (κ3) is 4.48. The Morgan fingerprint density at radius 2 is 2.00 bits per heavy atom. The first-order chi connectivity index (χ1) is 14.8. The topological polar surface area (TPSA) is 72.7 Å². The van der Waals surface area contributed by atoms with Gasteiger partial charge in [-0.25, -0.2) is 4.98 Å². The molecule has 1 aliphatic rings. The first kappa shape index (κ1) is 19.5. The number of carbonyl (C=O) groups excluding carboxylic acids is 1. The molecule has 9 heteroatoms. The predicted molar refractivity (Wildman–Crippen MR) is 122 cm³/mol. The number of thiazole rings is 1. The number of nitrogens with zero attached hydrogens (tertiary/aromatic N) is 4. The third-order valence-electron chi connectivity index (χ3n) is 4.71. The number of thiophene rings is 1. The van der Waals surface area contributed by atoms with Gasteiger partial charge in [-0.2, -0.15) is 0 Å². The second-order valence-electron chi connectivity index (χ2n) is 7.00. The Kier molecular flexibility index (Phi) is 5.65. The van der Waals surface area contributed by atoms with Crippen LogP contribution in [0.25, 0.3) is 11.3 Å². The fraction of sp³-hybridized carbons (Fsp3) is 0.238. The molecule has 5 rings (SSSR count). The van der Waals surface area contributed by atoms with E-state index in [2.05, 4.69) is 42.6 Å². The van der Waals surface area contributed by atoms with E-state index in [1.807, 2.05) is 35.7 Å². The van der Waals surface area contributed by atoms with Crippen molar-refractivity contribution in [1.29, 1.82) is 0 Å². The highest BCUT2D eigenvalue weighted by Gasteiger charge is 2.30. The number of aromatic nitrogens is 4. The van der Waals surface area contributed by atoms with Crippen LogP contribution in [-0.2, 0) is 11.2 Å². The van der Waals surface area contributed by atoms with Crippen molar-refractivity contribution >= 4 is 45.5 Å². The molecule has 1 N–H and O–H groups in total. The van der Waals surface area contributed by atoms with Gasteiger partial charge in [0.15, 0.2) is 10.3 Å². The van der Waals surface area contributed by atoms with Crippen LogP contribution in [0.5, 0.6) is 0 Å². The molecule has 3 heterocycles. The van der Waals surface area contributed by atoms with Crippen molar-refractivity contribution in [2.45, 2.75) is 30.5 Å². The Morgan fingerprint density at radius 1 is 1.13 bits per heavy atom. The summed E-state index contributed by atoms with van der Waals surface area (Å²) in [5, 5.41) is 17.1. The maximum absolute atomic E-state index is 12.5. The molecule has 4 aromatic rings. The summed E-state index contributed by atoms with van der Waals surface area (Å²) in [5.41, 5.74) is 1.91. The first-order valence-corrected chi connectivity index (χ1v) is 12.4. The van der Waals surface area contributed by atoms with Gasteiger partial charge >= 0.3 is 0 Å². The summed E-state index contributed by atoms with van der Waals surface area (Å²) >= 11 is 4.60. The summed E-state index contributed by atoms with van der Waals surface area (Å²) in [7, 11) is 0. The van der Waals surface area contributed by atoms with Crippen molar-refractivity contribution in [3.8, 4) is 11.3 Å². The molecular weight excluding hydrogens is 434 g/mol. The lowest BCUT2D eigenvalue weighted by Crippen LogP contribution is -2.14. The summed E-state index contributed by atoms with van der Waals surface area (Å²) in [4.78, 5) is 18.3. The van der Waals surface area contributed by atoms with Crippen LogP contribution in [0.3, 0.4) is 0 Å². The van der Waals surface area contributed by atoms with Crippen LogP contribution in [0.1, 0.15) is 29.6 Å². The van der Waals surface area contributed by atoms with Gasteiger partial charge in [-0.1, -0.05) is 48.2 Å². The lowest BCUT2D eigenvalue weighted by atomic mass is 10.2. The lowest BCUT2D eigenvalue weighted by Gasteiger charge is -2.08. The average Bonchev–Trinajstić information content (AvgIpc) is 3.15. The van der Waals surface area contributed by atoms with E-state index in [4.69, 9.17) is 0 Å². The van der Waals surface area contributed by atoms with Crippen LogP contribution in [0.15, 0.2) is 58.4 Å². The van der Waals surface area contributed by atoms with Gasteiger partial charge in [0.2, 0.25) is 5.91 Å². The fourth-order valence-corrected chi connectivity index (χ4v) is 5.41. The summed E-state index contributed by atoms with van der Waals surface area (Å²) < 4.78 is 2.22. The standard InChI is InChI=1S/C21H19N5OS3/c27-19(23-20-22-17(12-29-20)14-5-2-1-3-6-14)13-30-21-25-24-18(26(21)15-8-9-15)11-16-7-4-10-28-16/h1-7,10,12,15H,8-9,11,13H2,(H,22,23,27). The number of rotatable bonds is 8. The maximum Gasteiger partial charge on any atom is 0.236 e. The molecule has 30 heavy (non-hydrogen) atoms. The molecule has 0 atom stereocenters. The maximum atomic E-state index is 12.5. The second kappa shape index (κ2) is 8.71. The number of benzene rings is 1. The first-order valence-electron chi connectivity index (χ1n) is 9.66. The van der Waals surface area contributed by atoms with Gasteiger partial charge in [-0.05, 0) is 24.3 Å². The lowest BCUT2D eigenvalue weighted by molar-refractivity contribution is -0.113. The number of carbonyl (C=O) groups is 1. The molecule has 0 spiro atoms. The van der Waals surface area contributed by atoms with E-state index < -0.39 is 0 Å². The number of hydrogen-bond acceptors (Lipinski definition) is 7. The van der Waals surface area contributed by atoms with Gasteiger partial charge < -0.3 is 9.88 Å². The van der Waals surface area contributed by atoms with E-state index in [0.29, 0.717) is 11.2 Å². The van der Waals surface area contributed by atoms with Crippen LogP contribution in [0.2, 0.25) is 0 Å². The Hall–Kier alpha value is -2.49. The van der Waals surface area contributed by atoms with Crippen molar-refractivity contribution < 1.29 is 4.79 Å². The minimum absolute atomic E-state index is 0.0842. The van der Waals surface area contributed by atoms with Gasteiger partial charge in [0.05, 0.1) is 11.4 Å². The average molecular weight is 454 g/mol. The molecule has 1 aliphatic carbocycles. The zero-order valence-corrected chi connectivity index (χ0v) is 18.5. The van der Waals surface area contributed by atoms with Gasteiger partial charge in [-0.15, -0.1) is 32.9 Å². The van der Waals surface area contributed by atoms with Crippen LogP contribution >= 0.6 is 34.4 Å². The molecule has 0 saturated heterocycles. The Morgan fingerprint density at radius 3 is 2.77 bits per heavy atom. The van der Waals surface area contributed by atoms with Crippen LogP contribution in [0.4, 0.5) is 5.13 Å². The normalized spacial score (nSPS) is 13.5. The summed E-state index contributed by atoms with van der Waals surface area (Å²) in [6.45, 7) is 0. The van der Waals surface area contributed by atoms with Gasteiger partial charge in [0, 0.05) is 28.3 Å². The summed E-state index contributed by atoms with van der Waals surface area (Å²) in [5.74, 6) is 1.18. The van der Waals surface area contributed by atoms with Crippen molar-refractivity contribution in [2.24, 2.45) is 0 Å². The highest BCUT2D eigenvalue weighted by molar-refractivity contribution is 7.99. The second-order valence-corrected chi connectivity index (χ2v) is 9.83. The van der Waals surface area contributed by atoms with Crippen molar-refractivity contribution in [2.75, 3.05) is 11.1 Å². The molecule has 1 saturated carbocycles. The van der Waals surface area contributed by atoms with Crippen molar-refractivity contribution in [3.63, 3.8) is 0 Å². The number of thioether (sulfide) groups is 1. The largest absolute Gasteiger partial charge is 0.303 e. The van der Waals surface area contributed by atoms with Gasteiger partial charge in [0.1, 0.15) is 5.82 Å². The van der Waals surface area contributed by atoms with Gasteiger partial charge in [-0.3, -0.25) is 4.79 Å². The number of hydrogen-bond donors (Lipinski definition) is 1. The fourth-order valence-electron chi connectivity index (χ4n) is 3.15. The van der Waals surface area contributed by atoms with Crippen molar-refractivity contribution in [1.82, 2.24) is 19.7 Å². The zero-order chi connectivity index (χ0) is 20.3. The quantitative estimate of drug-likeness (QED) is 0.375. The van der Waals surface area contributed by atoms with Crippen LogP contribution in [-0.4, -0.2) is 31.4 Å². The van der Waals surface area contributed by atoms with Crippen LogP contribution < -0.4 is 5.32 Å². The van der Waals surface area contributed by atoms with E-state index in [9.17, 15) is 4.79 Å². The molecule has 1 aromatic carbocycles. The highest BCUT2D eigenvalue weighted by Crippen LogP contribution is 2.39. The van der Waals surface area contributed by atoms with Crippen LogP contribution in [0, 0.1) is 0 Å². The molecule has 152 valence electrons. The third-order valence-corrected chi connectivity index (χ3v) is 7.29. The molecule has 1 amide bonds. The Balaban J connectivity index is 1.22. The Labute approximate surface area is 186 Å².